The van der Waals surface area contributed by atoms with E-state index in [0.29, 0.717) is 6.54 Å². The highest BCUT2D eigenvalue weighted by Crippen LogP contribution is 2.19. The molecule has 0 spiro atoms. The van der Waals surface area contributed by atoms with Gasteiger partial charge in [0.05, 0.1) is 24.2 Å². The van der Waals surface area contributed by atoms with Crippen LogP contribution in [0.4, 0.5) is 5.69 Å². The molecule has 1 heterocycles. The number of rotatable bonds is 6. The number of hydrogen-bond donors (Lipinski definition) is 2. The lowest BCUT2D eigenvalue weighted by atomic mass is 10.2. The quantitative estimate of drug-likeness (QED) is 0.777. The molecule has 0 unspecified atom stereocenters. The Morgan fingerprint density at radius 3 is 2.95 bits per heavy atom. The molecule has 2 rings (SSSR count). The summed E-state index contributed by atoms with van der Waals surface area (Å²) in [5.41, 5.74) is 1.69. The van der Waals surface area contributed by atoms with Crippen LogP contribution >= 0.6 is 0 Å². The van der Waals surface area contributed by atoms with E-state index >= 15 is 0 Å². The standard InChI is InChI=1S/C14H18N4O/c1-2-7-15-10-14(19)17-12-5-3-4-6-13(12)18-9-8-16-11-18/h3-6,8-9,11,15H,2,7,10H2,1H3,(H,17,19). The second-order valence-corrected chi connectivity index (χ2v) is 4.21. The molecule has 100 valence electrons. The Balaban J connectivity index is 2.06. The fraction of sp³-hybridized carbons (Fsp3) is 0.286. The number of anilines is 1. The van der Waals surface area contributed by atoms with Crippen molar-refractivity contribution in [3.05, 3.63) is 43.0 Å². The van der Waals surface area contributed by atoms with E-state index in [0.717, 1.165) is 24.3 Å². The van der Waals surface area contributed by atoms with E-state index in [1.54, 1.807) is 12.5 Å². The van der Waals surface area contributed by atoms with Crippen LogP contribution in [0.2, 0.25) is 0 Å². The van der Waals surface area contributed by atoms with Gasteiger partial charge < -0.3 is 15.2 Å². The van der Waals surface area contributed by atoms with Crippen LogP contribution in [0.25, 0.3) is 5.69 Å². The third-order valence-electron chi connectivity index (χ3n) is 2.67. The summed E-state index contributed by atoms with van der Waals surface area (Å²) in [4.78, 5) is 15.8. The number of hydrogen-bond acceptors (Lipinski definition) is 3. The average molecular weight is 258 g/mol. The normalized spacial score (nSPS) is 10.4. The number of amides is 1. The summed E-state index contributed by atoms with van der Waals surface area (Å²) in [5, 5.41) is 5.99. The van der Waals surface area contributed by atoms with Gasteiger partial charge in [-0.2, -0.15) is 0 Å². The molecule has 5 nitrogen and oxygen atoms in total. The molecular weight excluding hydrogens is 240 g/mol. The zero-order valence-corrected chi connectivity index (χ0v) is 11.0. The van der Waals surface area contributed by atoms with Crippen LogP contribution in [0.15, 0.2) is 43.0 Å². The van der Waals surface area contributed by atoms with Crippen molar-refractivity contribution < 1.29 is 4.79 Å². The summed E-state index contributed by atoms with van der Waals surface area (Å²) < 4.78 is 1.87. The van der Waals surface area contributed by atoms with E-state index in [4.69, 9.17) is 0 Å². The largest absolute Gasteiger partial charge is 0.323 e. The number of nitrogens with zero attached hydrogens (tertiary/aromatic N) is 2. The highest BCUT2D eigenvalue weighted by Gasteiger charge is 2.07. The molecule has 0 saturated heterocycles. The smallest absolute Gasteiger partial charge is 0.238 e. The third-order valence-corrected chi connectivity index (χ3v) is 2.67. The number of carbonyl (C=O) groups excluding carboxylic acids is 1. The van der Waals surface area contributed by atoms with Crippen molar-refractivity contribution in [1.29, 1.82) is 0 Å². The van der Waals surface area contributed by atoms with Gasteiger partial charge in [-0.1, -0.05) is 19.1 Å². The monoisotopic (exact) mass is 258 g/mol. The Kier molecular flexibility index (Phi) is 4.69. The lowest BCUT2D eigenvalue weighted by Crippen LogP contribution is -2.28. The van der Waals surface area contributed by atoms with Gasteiger partial charge in [0.2, 0.25) is 5.91 Å². The Labute approximate surface area is 112 Å². The van der Waals surface area contributed by atoms with Crippen molar-refractivity contribution >= 4 is 11.6 Å². The molecule has 2 N–H and O–H groups in total. The lowest BCUT2D eigenvalue weighted by Gasteiger charge is -2.11. The number of nitrogens with one attached hydrogen (secondary N) is 2. The SMILES string of the molecule is CCCNCC(=O)Nc1ccccc1-n1ccnc1. The summed E-state index contributed by atoms with van der Waals surface area (Å²) in [7, 11) is 0. The van der Waals surface area contributed by atoms with Crippen LogP contribution < -0.4 is 10.6 Å². The minimum atomic E-state index is -0.0407. The van der Waals surface area contributed by atoms with E-state index in [1.165, 1.54) is 0 Å². The highest BCUT2D eigenvalue weighted by molar-refractivity contribution is 5.94. The molecule has 5 heteroatoms. The summed E-state index contributed by atoms with van der Waals surface area (Å²) >= 11 is 0. The molecule has 0 aliphatic rings. The van der Waals surface area contributed by atoms with Gasteiger partial charge in [0.15, 0.2) is 0 Å². The van der Waals surface area contributed by atoms with E-state index in [-0.39, 0.29) is 5.91 Å². The molecular formula is C14H18N4O. The van der Waals surface area contributed by atoms with Gasteiger partial charge in [0.1, 0.15) is 0 Å². The number of benzene rings is 1. The highest BCUT2D eigenvalue weighted by atomic mass is 16.1. The summed E-state index contributed by atoms with van der Waals surface area (Å²) in [6.45, 7) is 3.24. The van der Waals surface area contributed by atoms with Crippen molar-refractivity contribution in [2.45, 2.75) is 13.3 Å². The minimum Gasteiger partial charge on any atom is -0.323 e. The molecule has 1 aromatic carbocycles. The average Bonchev–Trinajstić information content (AvgIpc) is 2.93. The van der Waals surface area contributed by atoms with Crippen LogP contribution in [-0.4, -0.2) is 28.5 Å². The molecule has 0 saturated carbocycles. The second kappa shape index (κ2) is 6.70. The van der Waals surface area contributed by atoms with Crippen LogP contribution in [0.1, 0.15) is 13.3 Å². The van der Waals surface area contributed by atoms with Gasteiger partial charge in [0, 0.05) is 12.4 Å². The first-order valence-corrected chi connectivity index (χ1v) is 6.39. The van der Waals surface area contributed by atoms with Gasteiger partial charge in [-0.05, 0) is 25.1 Å². The second-order valence-electron chi connectivity index (χ2n) is 4.21. The fourth-order valence-electron chi connectivity index (χ4n) is 1.78. The number of aromatic nitrogens is 2. The molecule has 0 fully saturated rings. The van der Waals surface area contributed by atoms with Crippen LogP contribution in [-0.2, 0) is 4.79 Å². The van der Waals surface area contributed by atoms with E-state index in [1.807, 2.05) is 35.0 Å². The van der Waals surface area contributed by atoms with Crippen LogP contribution in [0.3, 0.4) is 0 Å². The van der Waals surface area contributed by atoms with Crippen molar-refractivity contribution in [3.63, 3.8) is 0 Å². The van der Waals surface area contributed by atoms with Gasteiger partial charge in [-0.25, -0.2) is 4.98 Å². The van der Waals surface area contributed by atoms with E-state index in [2.05, 4.69) is 22.5 Å². The zero-order valence-electron chi connectivity index (χ0n) is 11.0. The molecule has 19 heavy (non-hydrogen) atoms. The summed E-state index contributed by atoms with van der Waals surface area (Å²) in [6, 6.07) is 7.65. The van der Waals surface area contributed by atoms with Gasteiger partial charge >= 0.3 is 0 Å². The summed E-state index contributed by atoms with van der Waals surface area (Å²) in [5.74, 6) is -0.0407. The first kappa shape index (κ1) is 13.3. The maximum atomic E-state index is 11.8. The first-order chi connectivity index (χ1) is 9.31. The molecule has 0 aliphatic heterocycles. The number of imidazole rings is 1. The van der Waals surface area contributed by atoms with E-state index < -0.39 is 0 Å². The zero-order chi connectivity index (χ0) is 13.5. The third kappa shape index (κ3) is 3.66. The number of carbonyl (C=O) groups is 1. The van der Waals surface area contributed by atoms with Crippen molar-refractivity contribution in [2.75, 3.05) is 18.4 Å². The maximum Gasteiger partial charge on any atom is 0.238 e. The Morgan fingerprint density at radius 2 is 2.21 bits per heavy atom. The van der Waals surface area contributed by atoms with Crippen molar-refractivity contribution in [1.82, 2.24) is 14.9 Å². The molecule has 1 aromatic heterocycles. The summed E-state index contributed by atoms with van der Waals surface area (Å²) in [6.07, 6.45) is 6.28. The van der Waals surface area contributed by atoms with Crippen LogP contribution in [0.5, 0.6) is 0 Å². The van der Waals surface area contributed by atoms with Gasteiger partial charge in [0.25, 0.3) is 0 Å². The molecule has 0 bridgehead atoms. The molecule has 2 aromatic rings. The molecule has 1 amide bonds. The predicted molar refractivity (Wildman–Crippen MR) is 75.4 cm³/mol. The minimum absolute atomic E-state index is 0.0407. The lowest BCUT2D eigenvalue weighted by molar-refractivity contribution is -0.115. The van der Waals surface area contributed by atoms with E-state index in [9.17, 15) is 4.79 Å². The molecule has 0 radical (unpaired) electrons. The molecule has 0 aliphatic carbocycles. The predicted octanol–water partition coefficient (Wildman–Crippen LogP) is 1.81. The number of para-hydroxylation sites is 2. The van der Waals surface area contributed by atoms with Crippen molar-refractivity contribution in [2.24, 2.45) is 0 Å². The Hall–Kier alpha value is -2.14. The van der Waals surface area contributed by atoms with Crippen molar-refractivity contribution in [3.8, 4) is 5.69 Å². The Morgan fingerprint density at radius 1 is 1.37 bits per heavy atom. The fourth-order valence-corrected chi connectivity index (χ4v) is 1.78. The van der Waals surface area contributed by atoms with Gasteiger partial charge in [-0.3, -0.25) is 4.79 Å². The van der Waals surface area contributed by atoms with Crippen LogP contribution in [0, 0.1) is 0 Å². The topological polar surface area (TPSA) is 59.0 Å². The van der Waals surface area contributed by atoms with Gasteiger partial charge in [-0.15, -0.1) is 0 Å². The first-order valence-electron chi connectivity index (χ1n) is 6.39. The molecule has 0 atom stereocenters. The maximum absolute atomic E-state index is 11.8. The Bertz CT molecular complexity index is 522.